The molecule has 0 aliphatic carbocycles. The van der Waals surface area contributed by atoms with Gasteiger partial charge in [-0.15, -0.1) is 11.3 Å². The van der Waals surface area contributed by atoms with E-state index >= 15 is 0 Å². The molecular formula is C10H15NO3S. The summed E-state index contributed by atoms with van der Waals surface area (Å²) in [5.74, 6) is -0.0101. The average Bonchev–Trinajstić information content (AvgIpc) is 2.77. The third kappa shape index (κ3) is 3.30. The number of rotatable bonds is 5. The summed E-state index contributed by atoms with van der Waals surface area (Å²) in [4.78, 5) is 14.1. The topological polar surface area (TPSA) is 38.8 Å². The third-order valence-electron chi connectivity index (χ3n) is 2.03. The van der Waals surface area contributed by atoms with Crippen LogP contribution in [-0.4, -0.2) is 44.9 Å². The Labute approximate surface area is 93.4 Å². The summed E-state index contributed by atoms with van der Waals surface area (Å²) >= 11 is 1.43. The number of hydrogen-bond donors (Lipinski definition) is 0. The summed E-state index contributed by atoms with van der Waals surface area (Å²) in [6, 6.07) is 3.66. The number of thiophene rings is 1. The van der Waals surface area contributed by atoms with Crippen molar-refractivity contribution >= 4 is 17.2 Å². The summed E-state index contributed by atoms with van der Waals surface area (Å²) in [7, 11) is 4.84. The molecular weight excluding hydrogens is 214 g/mol. The van der Waals surface area contributed by atoms with Gasteiger partial charge in [-0.1, -0.05) is 6.07 Å². The second kappa shape index (κ2) is 5.85. The molecule has 0 aromatic carbocycles. The largest absolute Gasteiger partial charge is 0.354 e. The van der Waals surface area contributed by atoms with Crippen LogP contribution in [-0.2, 0) is 9.47 Å². The predicted octanol–water partition coefficient (Wildman–Crippen LogP) is 1.44. The normalized spacial score (nSPS) is 10.7. The summed E-state index contributed by atoms with van der Waals surface area (Å²) in [6.45, 7) is 0.420. The number of amides is 1. The minimum atomic E-state index is -0.376. The molecule has 0 aliphatic rings. The fourth-order valence-electron chi connectivity index (χ4n) is 1.14. The van der Waals surface area contributed by atoms with E-state index in [1.165, 1.54) is 11.3 Å². The van der Waals surface area contributed by atoms with Gasteiger partial charge in [-0.25, -0.2) is 0 Å². The first kappa shape index (κ1) is 12.2. The monoisotopic (exact) mass is 229 g/mol. The maximum atomic E-state index is 11.8. The Morgan fingerprint density at radius 2 is 2.20 bits per heavy atom. The Morgan fingerprint density at radius 1 is 1.53 bits per heavy atom. The van der Waals surface area contributed by atoms with Gasteiger partial charge in [0, 0.05) is 21.3 Å². The van der Waals surface area contributed by atoms with E-state index in [1.807, 2.05) is 11.4 Å². The molecule has 0 aliphatic heterocycles. The van der Waals surface area contributed by atoms with Crippen molar-refractivity contribution in [3.8, 4) is 0 Å². The molecule has 0 radical (unpaired) electrons. The van der Waals surface area contributed by atoms with Gasteiger partial charge < -0.3 is 14.4 Å². The van der Waals surface area contributed by atoms with Gasteiger partial charge in [0.25, 0.3) is 5.91 Å². The van der Waals surface area contributed by atoms with Gasteiger partial charge in [0.15, 0.2) is 6.29 Å². The van der Waals surface area contributed by atoms with E-state index in [0.29, 0.717) is 6.54 Å². The molecule has 1 heterocycles. The first-order valence-electron chi connectivity index (χ1n) is 4.53. The van der Waals surface area contributed by atoms with Crippen LogP contribution < -0.4 is 0 Å². The number of carbonyl (C=O) groups is 1. The first-order chi connectivity index (χ1) is 7.19. The van der Waals surface area contributed by atoms with Crippen molar-refractivity contribution in [2.45, 2.75) is 6.29 Å². The SMILES string of the molecule is COC(CN(C)C(=O)c1cccs1)OC. The molecule has 0 saturated heterocycles. The lowest BCUT2D eigenvalue weighted by molar-refractivity contribution is -0.110. The van der Waals surface area contributed by atoms with Crippen LogP contribution in [0.3, 0.4) is 0 Å². The summed E-state index contributed by atoms with van der Waals surface area (Å²) in [5.41, 5.74) is 0. The molecule has 0 fully saturated rings. The highest BCUT2D eigenvalue weighted by atomic mass is 32.1. The molecule has 1 rings (SSSR count). The molecule has 0 saturated carbocycles. The molecule has 0 spiro atoms. The second-order valence-corrected chi connectivity index (χ2v) is 4.01. The molecule has 1 aromatic heterocycles. The molecule has 0 unspecified atom stereocenters. The molecule has 4 nitrogen and oxygen atoms in total. The molecule has 0 N–H and O–H groups in total. The van der Waals surface area contributed by atoms with Crippen LogP contribution in [0.5, 0.6) is 0 Å². The second-order valence-electron chi connectivity index (χ2n) is 3.06. The fraction of sp³-hybridized carbons (Fsp3) is 0.500. The van der Waals surface area contributed by atoms with Crippen molar-refractivity contribution in [1.82, 2.24) is 4.90 Å². The van der Waals surface area contributed by atoms with Crippen molar-refractivity contribution in [2.75, 3.05) is 27.8 Å². The first-order valence-corrected chi connectivity index (χ1v) is 5.41. The molecule has 84 valence electrons. The molecule has 0 atom stereocenters. The Hall–Kier alpha value is -0.910. The van der Waals surface area contributed by atoms with E-state index in [9.17, 15) is 4.79 Å². The van der Waals surface area contributed by atoms with E-state index < -0.39 is 0 Å². The van der Waals surface area contributed by atoms with E-state index in [2.05, 4.69) is 0 Å². The number of hydrogen-bond acceptors (Lipinski definition) is 4. The Bertz CT molecular complexity index is 296. The van der Waals surface area contributed by atoms with Gasteiger partial charge in [0.1, 0.15) is 0 Å². The van der Waals surface area contributed by atoms with Crippen molar-refractivity contribution in [3.05, 3.63) is 22.4 Å². The average molecular weight is 229 g/mol. The Morgan fingerprint density at radius 3 is 2.67 bits per heavy atom. The lowest BCUT2D eigenvalue weighted by atomic mass is 10.4. The van der Waals surface area contributed by atoms with Crippen LogP contribution in [0.25, 0.3) is 0 Å². The van der Waals surface area contributed by atoms with Gasteiger partial charge in [0.05, 0.1) is 11.4 Å². The Balaban J connectivity index is 2.53. The third-order valence-corrected chi connectivity index (χ3v) is 2.89. The van der Waals surface area contributed by atoms with Gasteiger partial charge in [0.2, 0.25) is 0 Å². The highest BCUT2D eigenvalue weighted by Gasteiger charge is 2.16. The smallest absolute Gasteiger partial charge is 0.263 e. The summed E-state index contributed by atoms with van der Waals surface area (Å²) in [5, 5.41) is 1.88. The molecule has 0 bridgehead atoms. The van der Waals surface area contributed by atoms with E-state index in [1.54, 1.807) is 32.2 Å². The molecule has 1 aromatic rings. The van der Waals surface area contributed by atoms with Crippen LogP contribution in [0, 0.1) is 0 Å². The fourth-order valence-corrected chi connectivity index (χ4v) is 1.86. The molecule has 5 heteroatoms. The van der Waals surface area contributed by atoms with Gasteiger partial charge in [-0.3, -0.25) is 4.79 Å². The molecule has 1 amide bonds. The van der Waals surface area contributed by atoms with Crippen LogP contribution in [0.1, 0.15) is 9.67 Å². The number of methoxy groups -OCH3 is 2. The minimum Gasteiger partial charge on any atom is -0.354 e. The quantitative estimate of drug-likeness (QED) is 0.717. The predicted molar refractivity (Wildman–Crippen MR) is 59.1 cm³/mol. The van der Waals surface area contributed by atoms with E-state index in [-0.39, 0.29) is 12.2 Å². The highest BCUT2D eigenvalue weighted by molar-refractivity contribution is 7.12. The van der Waals surface area contributed by atoms with Crippen LogP contribution in [0.4, 0.5) is 0 Å². The maximum Gasteiger partial charge on any atom is 0.263 e. The van der Waals surface area contributed by atoms with Gasteiger partial charge in [-0.2, -0.15) is 0 Å². The zero-order valence-corrected chi connectivity index (χ0v) is 9.91. The lowest BCUT2D eigenvalue weighted by Crippen LogP contribution is -2.35. The zero-order valence-electron chi connectivity index (χ0n) is 9.10. The van der Waals surface area contributed by atoms with Crippen molar-refractivity contribution in [2.24, 2.45) is 0 Å². The lowest BCUT2D eigenvalue weighted by Gasteiger charge is -2.21. The molecule has 15 heavy (non-hydrogen) atoms. The van der Waals surface area contributed by atoms with Crippen molar-refractivity contribution in [1.29, 1.82) is 0 Å². The number of likely N-dealkylation sites (N-methyl/N-ethyl adjacent to an activating group) is 1. The van der Waals surface area contributed by atoms with Gasteiger partial charge >= 0.3 is 0 Å². The van der Waals surface area contributed by atoms with Gasteiger partial charge in [-0.05, 0) is 11.4 Å². The van der Waals surface area contributed by atoms with Crippen molar-refractivity contribution < 1.29 is 14.3 Å². The Kier molecular flexibility index (Phi) is 4.74. The summed E-state index contributed by atoms with van der Waals surface area (Å²) < 4.78 is 10.0. The standard InChI is InChI=1S/C10H15NO3S/c1-11(7-9(13-2)14-3)10(12)8-5-4-6-15-8/h4-6,9H,7H2,1-3H3. The highest BCUT2D eigenvalue weighted by Crippen LogP contribution is 2.11. The van der Waals surface area contributed by atoms with E-state index in [0.717, 1.165) is 4.88 Å². The zero-order chi connectivity index (χ0) is 11.3. The number of carbonyl (C=O) groups excluding carboxylic acids is 1. The number of ether oxygens (including phenoxy) is 2. The van der Waals surface area contributed by atoms with E-state index in [4.69, 9.17) is 9.47 Å². The summed E-state index contributed by atoms with van der Waals surface area (Å²) in [6.07, 6.45) is -0.376. The van der Waals surface area contributed by atoms with Crippen LogP contribution in [0.15, 0.2) is 17.5 Å². The van der Waals surface area contributed by atoms with Crippen LogP contribution in [0.2, 0.25) is 0 Å². The minimum absolute atomic E-state index is 0.0101. The maximum absolute atomic E-state index is 11.8. The number of nitrogens with zero attached hydrogens (tertiary/aromatic N) is 1. The van der Waals surface area contributed by atoms with Crippen molar-refractivity contribution in [3.63, 3.8) is 0 Å². The van der Waals surface area contributed by atoms with Crippen LogP contribution >= 0.6 is 11.3 Å².